The van der Waals surface area contributed by atoms with Crippen LogP contribution in [-0.2, 0) is 6.18 Å². The van der Waals surface area contributed by atoms with Crippen molar-refractivity contribution in [2.75, 3.05) is 0 Å². The maximum Gasteiger partial charge on any atom is 0.416 e. The van der Waals surface area contributed by atoms with E-state index in [4.69, 9.17) is 23.2 Å². The highest BCUT2D eigenvalue weighted by Gasteiger charge is 2.35. The summed E-state index contributed by atoms with van der Waals surface area (Å²) < 4.78 is 63.8. The van der Waals surface area contributed by atoms with Crippen LogP contribution in [0.25, 0.3) is 11.1 Å². The molecule has 0 aliphatic carbocycles. The molecular formula is C14H7Cl2F5. The Bertz CT molecular complexity index is 665. The van der Waals surface area contributed by atoms with E-state index in [0.29, 0.717) is 11.6 Å². The molecule has 0 saturated heterocycles. The molecule has 0 amide bonds. The summed E-state index contributed by atoms with van der Waals surface area (Å²) in [5.41, 5.74) is -1.80. The Hall–Kier alpha value is -1.33. The molecule has 0 aliphatic rings. The highest BCUT2D eigenvalue weighted by Crippen LogP contribution is 2.39. The molecule has 0 N–H and O–H groups in total. The smallest absolute Gasteiger partial charge is 0.205 e. The molecule has 0 spiro atoms. The molecule has 112 valence electrons. The molecule has 0 radical (unpaired) electrons. The lowest BCUT2D eigenvalue weighted by atomic mass is 9.99. The lowest BCUT2D eigenvalue weighted by molar-refractivity contribution is -0.139. The summed E-state index contributed by atoms with van der Waals surface area (Å²) in [6.45, 7) is 0. The van der Waals surface area contributed by atoms with Crippen LogP contribution in [0.15, 0.2) is 36.4 Å². The molecule has 0 aromatic heterocycles. The fourth-order valence-electron chi connectivity index (χ4n) is 1.86. The second kappa shape index (κ2) is 5.81. The Kier molecular flexibility index (Phi) is 4.44. The second-order valence-electron chi connectivity index (χ2n) is 4.23. The van der Waals surface area contributed by atoms with Crippen molar-refractivity contribution in [2.24, 2.45) is 0 Å². The molecule has 2 aromatic carbocycles. The minimum absolute atomic E-state index is 0.188. The van der Waals surface area contributed by atoms with Crippen LogP contribution in [0, 0.1) is 0 Å². The van der Waals surface area contributed by atoms with E-state index in [1.165, 1.54) is 18.2 Å². The molecule has 0 bridgehead atoms. The average Bonchev–Trinajstić information content (AvgIpc) is 2.40. The summed E-state index contributed by atoms with van der Waals surface area (Å²) in [6, 6.07) is 6.91. The standard InChI is InChI=1S/C14H7Cl2F5/c15-11-4-2-8(6-12(11)16)7-1-3-10(14(19,20)21)9(5-7)13(17)18/h1-6,13H. The zero-order valence-electron chi connectivity index (χ0n) is 10.2. The van der Waals surface area contributed by atoms with E-state index < -0.39 is 23.7 Å². The summed E-state index contributed by atoms with van der Waals surface area (Å²) in [6.07, 6.45) is -8.06. The van der Waals surface area contributed by atoms with E-state index in [-0.39, 0.29) is 15.6 Å². The minimum Gasteiger partial charge on any atom is -0.205 e. The van der Waals surface area contributed by atoms with E-state index in [1.807, 2.05) is 0 Å². The Morgan fingerprint density at radius 1 is 0.810 bits per heavy atom. The van der Waals surface area contributed by atoms with Gasteiger partial charge < -0.3 is 0 Å². The first-order chi connectivity index (χ1) is 9.70. The van der Waals surface area contributed by atoms with Gasteiger partial charge in [-0.1, -0.05) is 35.3 Å². The van der Waals surface area contributed by atoms with Crippen molar-refractivity contribution < 1.29 is 22.0 Å². The number of rotatable bonds is 2. The normalized spacial score (nSPS) is 12.0. The first-order valence-electron chi connectivity index (χ1n) is 5.65. The van der Waals surface area contributed by atoms with Crippen molar-refractivity contribution in [2.45, 2.75) is 12.6 Å². The van der Waals surface area contributed by atoms with Gasteiger partial charge in [0.25, 0.3) is 6.43 Å². The fraction of sp³-hybridized carbons (Fsp3) is 0.143. The molecule has 0 saturated carbocycles. The molecule has 0 fully saturated rings. The molecule has 0 nitrogen and oxygen atoms in total. The second-order valence-corrected chi connectivity index (χ2v) is 5.04. The van der Waals surface area contributed by atoms with Gasteiger partial charge in [0.15, 0.2) is 0 Å². The van der Waals surface area contributed by atoms with Crippen LogP contribution in [0.2, 0.25) is 10.0 Å². The van der Waals surface area contributed by atoms with Crippen LogP contribution in [0.4, 0.5) is 22.0 Å². The molecule has 0 heterocycles. The van der Waals surface area contributed by atoms with Gasteiger partial charge >= 0.3 is 6.18 Å². The van der Waals surface area contributed by atoms with Gasteiger partial charge in [-0.05, 0) is 35.4 Å². The molecule has 0 aliphatic heterocycles. The van der Waals surface area contributed by atoms with Crippen molar-refractivity contribution in [3.8, 4) is 11.1 Å². The zero-order chi connectivity index (χ0) is 15.8. The van der Waals surface area contributed by atoms with E-state index in [0.717, 1.165) is 12.1 Å². The van der Waals surface area contributed by atoms with Gasteiger partial charge in [0.2, 0.25) is 0 Å². The van der Waals surface area contributed by atoms with Crippen molar-refractivity contribution >= 4 is 23.2 Å². The number of benzene rings is 2. The Morgan fingerprint density at radius 2 is 1.38 bits per heavy atom. The quantitative estimate of drug-likeness (QED) is 0.539. The van der Waals surface area contributed by atoms with Crippen LogP contribution < -0.4 is 0 Å². The fourth-order valence-corrected chi connectivity index (χ4v) is 2.15. The van der Waals surface area contributed by atoms with Gasteiger partial charge in [-0.2, -0.15) is 13.2 Å². The van der Waals surface area contributed by atoms with Crippen LogP contribution in [0.3, 0.4) is 0 Å². The van der Waals surface area contributed by atoms with E-state index in [2.05, 4.69) is 0 Å². The predicted molar refractivity (Wildman–Crippen MR) is 71.9 cm³/mol. The molecule has 2 rings (SSSR count). The maximum atomic E-state index is 12.8. The molecule has 21 heavy (non-hydrogen) atoms. The topological polar surface area (TPSA) is 0 Å². The van der Waals surface area contributed by atoms with E-state index >= 15 is 0 Å². The van der Waals surface area contributed by atoms with Gasteiger partial charge in [0.05, 0.1) is 15.6 Å². The first kappa shape index (κ1) is 16.0. The van der Waals surface area contributed by atoms with Crippen molar-refractivity contribution in [3.63, 3.8) is 0 Å². The average molecular weight is 341 g/mol. The Balaban J connectivity index is 2.56. The number of hydrogen-bond acceptors (Lipinski definition) is 0. The highest BCUT2D eigenvalue weighted by atomic mass is 35.5. The Labute approximate surface area is 127 Å². The van der Waals surface area contributed by atoms with Gasteiger partial charge in [-0.15, -0.1) is 0 Å². The number of alkyl halides is 5. The van der Waals surface area contributed by atoms with Crippen LogP contribution in [0.5, 0.6) is 0 Å². The van der Waals surface area contributed by atoms with Gasteiger partial charge in [-0.25, -0.2) is 8.78 Å². The van der Waals surface area contributed by atoms with Gasteiger partial charge in [0.1, 0.15) is 0 Å². The first-order valence-corrected chi connectivity index (χ1v) is 6.40. The van der Waals surface area contributed by atoms with Crippen LogP contribution in [0.1, 0.15) is 17.6 Å². The third-order valence-electron chi connectivity index (χ3n) is 2.84. The monoisotopic (exact) mass is 340 g/mol. The summed E-state index contributed by atoms with van der Waals surface area (Å²) in [5, 5.41) is 0.453. The van der Waals surface area contributed by atoms with E-state index in [1.54, 1.807) is 0 Å². The van der Waals surface area contributed by atoms with E-state index in [9.17, 15) is 22.0 Å². The summed E-state index contributed by atoms with van der Waals surface area (Å²) in [7, 11) is 0. The lowest BCUT2D eigenvalue weighted by Crippen LogP contribution is -2.09. The summed E-state index contributed by atoms with van der Waals surface area (Å²) >= 11 is 11.5. The molecule has 0 unspecified atom stereocenters. The largest absolute Gasteiger partial charge is 0.416 e. The maximum absolute atomic E-state index is 12.8. The lowest BCUT2D eigenvalue weighted by Gasteiger charge is -2.14. The third kappa shape index (κ3) is 3.47. The number of hydrogen-bond donors (Lipinski definition) is 0. The molecule has 0 atom stereocenters. The van der Waals surface area contributed by atoms with Crippen LogP contribution >= 0.6 is 23.2 Å². The SMILES string of the molecule is FC(F)c1cc(-c2ccc(Cl)c(Cl)c2)ccc1C(F)(F)F. The third-order valence-corrected chi connectivity index (χ3v) is 3.58. The van der Waals surface area contributed by atoms with Crippen molar-refractivity contribution in [1.82, 2.24) is 0 Å². The van der Waals surface area contributed by atoms with Crippen molar-refractivity contribution in [1.29, 1.82) is 0 Å². The molecule has 7 heteroatoms. The summed E-state index contributed by atoms with van der Waals surface area (Å²) in [5.74, 6) is 0. The minimum atomic E-state index is -4.83. The zero-order valence-corrected chi connectivity index (χ0v) is 11.7. The van der Waals surface area contributed by atoms with Crippen LogP contribution in [-0.4, -0.2) is 0 Å². The summed E-state index contributed by atoms with van der Waals surface area (Å²) in [4.78, 5) is 0. The molecular weight excluding hydrogens is 334 g/mol. The van der Waals surface area contributed by atoms with Gasteiger partial charge in [-0.3, -0.25) is 0 Å². The number of halogens is 7. The molecule has 2 aromatic rings. The van der Waals surface area contributed by atoms with Gasteiger partial charge in [0, 0.05) is 5.56 Å². The highest BCUT2D eigenvalue weighted by molar-refractivity contribution is 6.42. The predicted octanol–water partition coefficient (Wildman–Crippen LogP) is 6.62. The Morgan fingerprint density at radius 3 is 1.90 bits per heavy atom. The van der Waals surface area contributed by atoms with Crippen molar-refractivity contribution in [3.05, 3.63) is 57.6 Å².